The lowest BCUT2D eigenvalue weighted by Gasteiger charge is -2.19. The van der Waals surface area contributed by atoms with E-state index in [0.29, 0.717) is 18.8 Å². The number of pyridine rings is 1. The number of benzene rings is 1. The lowest BCUT2D eigenvalue weighted by molar-refractivity contribution is 0.0690. The molecule has 0 aliphatic heterocycles. The number of anilines is 1. The van der Waals surface area contributed by atoms with Crippen molar-refractivity contribution < 1.29 is 19.5 Å². The molecule has 3 amide bonds. The molecule has 1 aromatic carbocycles. The fraction of sp³-hybridized carbons (Fsp3) is 0.300. The van der Waals surface area contributed by atoms with Crippen LogP contribution in [0.3, 0.4) is 0 Å². The van der Waals surface area contributed by atoms with Gasteiger partial charge in [-0.05, 0) is 50.6 Å². The van der Waals surface area contributed by atoms with E-state index in [9.17, 15) is 14.4 Å². The standard InChI is InChI=1S/C20H24N4O4/c1-4-24(5-2)20(28)23-16-8-6-14(7-9-16)13(3)22-18(25)15-10-11-21-17(12-15)19(26)27/h6-13H,4-5H2,1-3H3,(H,22,25)(H,23,28)(H,26,27). The average molecular weight is 384 g/mol. The molecular weight excluding hydrogens is 360 g/mol. The van der Waals surface area contributed by atoms with Gasteiger partial charge in [-0.15, -0.1) is 0 Å². The van der Waals surface area contributed by atoms with E-state index in [1.165, 1.54) is 18.3 Å². The molecule has 0 spiro atoms. The Morgan fingerprint density at radius 2 is 1.75 bits per heavy atom. The zero-order valence-electron chi connectivity index (χ0n) is 16.1. The van der Waals surface area contributed by atoms with E-state index in [4.69, 9.17) is 5.11 Å². The number of carboxylic acid groups (broad SMARTS) is 1. The van der Waals surface area contributed by atoms with Crippen molar-refractivity contribution in [1.82, 2.24) is 15.2 Å². The van der Waals surface area contributed by atoms with Crippen LogP contribution in [-0.4, -0.2) is 46.0 Å². The van der Waals surface area contributed by atoms with E-state index in [2.05, 4.69) is 15.6 Å². The monoisotopic (exact) mass is 384 g/mol. The smallest absolute Gasteiger partial charge is 0.354 e. The van der Waals surface area contributed by atoms with Crippen molar-refractivity contribution in [2.45, 2.75) is 26.8 Å². The van der Waals surface area contributed by atoms with Crippen LogP contribution in [0, 0.1) is 0 Å². The molecule has 3 N–H and O–H groups in total. The van der Waals surface area contributed by atoms with Crippen LogP contribution in [0.4, 0.5) is 10.5 Å². The maximum Gasteiger partial charge on any atom is 0.354 e. The average Bonchev–Trinajstić information content (AvgIpc) is 2.69. The van der Waals surface area contributed by atoms with Crippen LogP contribution in [0.5, 0.6) is 0 Å². The highest BCUT2D eigenvalue weighted by atomic mass is 16.4. The number of urea groups is 1. The molecule has 1 aromatic heterocycles. The zero-order chi connectivity index (χ0) is 20.7. The summed E-state index contributed by atoms with van der Waals surface area (Å²) < 4.78 is 0. The fourth-order valence-corrected chi connectivity index (χ4v) is 2.62. The van der Waals surface area contributed by atoms with Gasteiger partial charge in [0, 0.05) is 30.5 Å². The number of rotatable bonds is 7. The van der Waals surface area contributed by atoms with Gasteiger partial charge in [0.1, 0.15) is 5.69 Å². The Labute approximate surface area is 163 Å². The van der Waals surface area contributed by atoms with Crippen LogP contribution in [0.2, 0.25) is 0 Å². The predicted molar refractivity (Wildman–Crippen MR) is 105 cm³/mol. The largest absolute Gasteiger partial charge is 0.477 e. The van der Waals surface area contributed by atoms with Gasteiger partial charge >= 0.3 is 12.0 Å². The van der Waals surface area contributed by atoms with Crippen molar-refractivity contribution in [1.29, 1.82) is 0 Å². The number of carbonyl (C=O) groups excluding carboxylic acids is 2. The molecule has 0 saturated heterocycles. The number of nitrogens with zero attached hydrogens (tertiary/aromatic N) is 2. The summed E-state index contributed by atoms with van der Waals surface area (Å²) in [7, 11) is 0. The second kappa shape index (κ2) is 9.50. The van der Waals surface area contributed by atoms with Gasteiger partial charge in [0.15, 0.2) is 0 Å². The summed E-state index contributed by atoms with van der Waals surface area (Å²) in [5, 5.41) is 14.6. The highest BCUT2D eigenvalue weighted by Gasteiger charge is 2.15. The third-order valence-electron chi connectivity index (χ3n) is 4.30. The van der Waals surface area contributed by atoms with Crippen molar-refractivity contribution in [2.24, 2.45) is 0 Å². The number of aromatic nitrogens is 1. The Hall–Kier alpha value is -3.42. The summed E-state index contributed by atoms with van der Waals surface area (Å²) in [5.41, 5.74) is 1.55. The lowest BCUT2D eigenvalue weighted by Crippen LogP contribution is -2.34. The van der Waals surface area contributed by atoms with E-state index in [1.54, 1.807) is 17.0 Å². The van der Waals surface area contributed by atoms with E-state index in [0.717, 1.165) is 5.56 Å². The van der Waals surface area contributed by atoms with Gasteiger partial charge in [0.2, 0.25) is 0 Å². The zero-order valence-corrected chi connectivity index (χ0v) is 16.1. The Bertz CT molecular complexity index is 848. The fourth-order valence-electron chi connectivity index (χ4n) is 2.62. The van der Waals surface area contributed by atoms with E-state index >= 15 is 0 Å². The first-order valence-electron chi connectivity index (χ1n) is 9.01. The molecule has 8 heteroatoms. The molecule has 0 aliphatic carbocycles. The van der Waals surface area contributed by atoms with Gasteiger partial charge in [-0.25, -0.2) is 14.6 Å². The Morgan fingerprint density at radius 3 is 2.32 bits per heavy atom. The van der Waals surface area contributed by atoms with Crippen molar-refractivity contribution in [3.63, 3.8) is 0 Å². The molecule has 0 aliphatic rings. The number of carboxylic acids is 1. The Morgan fingerprint density at radius 1 is 1.11 bits per heavy atom. The summed E-state index contributed by atoms with van der Waals surface area (Å²) >= 11 is 0. The Kier molecular flexibility index (Phi) is 7.08. The van der Waals surface area contributed by atoms with Crippen molar-refractivity contribution in [3.05, 3.63) is 59.4 Å². The summed E-state index contributed by atoms with van der Waals surface area (Å²) in [6.45, 7) is 6.91. The summed E-state index contributed by atoms with van der Waals surface area (Å²) in [4.78, 5) is 40.8. The minimum absolute atomic E-state index is 0.161. The summed E-state index contributed by atoms with van der Waals surface area (Å²) in [6.07, 6.45) is 1.29. The quantitative estimate of drug-likeness (QED) is 0.679. The number of aromatic carboxylic acids is 1. The van der Waals surface area contributed by atoms with Gasteiger partial charge in [0.25, 0.3) is 5.91 Å². The first kappa shape index (κ1) is 20.9. The number of hydrogen-bond donors (Lipinski definition) is 3. The van der Waals surface area contributed by atoms with Gasteiger partial charge < -0.3 is 20.6 Å². The molecule has 1 unspecified atom stereocenters. The van der Waals surface area contributed by atoms with Crippen molar-refractivity contribution in [2.75, 3.05) is 18.4 Å². The molecule has 28 heavy (non-hydrogen) atoms. The highest BCUT2D eigenvalue weighted by molar-refractivity contribution is 5.96. The molecule has 0 saturated carbocycles. The van der Waals surface area contributed by atoms with Gasteiger partial charge in [-0.1, -0.05) is 12.1 Å². The Balaban J connectivity index is 2.01. The van der Waals surface area contributed by atoms with E-state index < -0.39 is 11.9 Å². The van der Waals surface area contributed by atoms with Gasteiger partial charge in [0.05, 0.1) is 6.04 Å². The first-order valence-corrected chi connectivity index (χ1v) is 9.01. The number of nitrogens with one attached hydrogen (secondary N) is 2. The summed E-state index contributed by atoms with van der Waals surface area (Å²) in [5.74, 6) is -1.58. The topological polar surface area (TPSA) is 112 Å². The first-order chi connectivity index (χ1) is 13.3. The van der Waals surface area contributed by atoms with Gasteiger partial charge in [-0.3, -0.25) is 4.79 Å². The summed E-state index contributed by atoms with van der Waals surface area (Å²) in [6, 6.07) is 9.41. The highest BCUT2D eigenvalue weighted by Crippen LogP contribution is 2.17. The van der Waals surface area contributed by atoms with Crippen molar-refractivity contribution in [3.8, 4) is 0 Å². The second-order valence-corrected chi connectivity index (χ2v) is 6.15. The molecule has 0 fully saturated rings. The molecule has 148 valence electrons. The van der Waals surface area contributed by atoms with Crippen LogP contribution >= 0.6 is 0 Å². The molecule has 8 nitrogen and oxygen atoms in total. The molecule has 1 heterocycles. The number of carbonyl (C=O) groups is 3. The van der Waals surface area contributed by atoms with Crippen LogP contribution in [0.1, 0.15) is 53.2 Å². The third kappa shape index (κ3) is 5.29. The number of amides is 3. The van der Waals surface area contributed by atoms with E-state index in [1.807, 2.05) is 32.9 Å². The molecule has 0 radical (unpaired) electrons. The lowest BCUT2D eigenvalue weighted by atomic mass is 10.1. The van der Waals surface area contributed by atoms with Crippen LogP contribution in [0.15, 0.2) is 42.6 Å². The number of hydrogen-bond acceptors (Lipinski definition) is 4. The normalized spacial score (nSPS) is 11.4. The van der Waals surface area contributed by atoms with Crippen LogP contribution < -0.4 is 10.6 Å². The molecular formula is C20H24N4O4. The molecule has 1 atom stereocenters. The third-order valence-corrected chi connectivity index (χ3v) is 4.30. The molecule has 0 bridgehead atoms. The predicted octanol–water partition coefficient (Wildman–Crippen LogP) is 3.14. The van der Waals surface area contributed by atoms with Gasteiger partial charge in [-0.2, -0.15) is 0 Å². The van der Waals surface area contributed by atoms with Crippen molar-refractivity contribution >= 4 is 23.6 Å². The van der Waals surface area contributed by atoms with Crippen LogP contribution in [0.25, 0.3) is 0 Å². The van der Waals surface area contributed by atoms with Crippen LogP contribution in [-0.2, 0) is 0 Å². The SMILES string of the molecule is CCN(CC)C(=O)Nc1ccc(C(C)NC(=O)c2ccnc(C(=O)O)c2)cc1. The second-order valence-electron chi connectivity index (χ2n) is 6.15. The molecule has 2 rings (SSSR count). The molecule has 2 aromatic rings. The van der Waals surface area contributed by atoms with E-state index in [-0.39, 0.29) is 23.3 Å². The maximum absolute atomic E-state index is 12.4. The minimum Gasteiger partial charge on any atom is -0.477 e. The minimum atomic E-state index is -1.19. The maximum atomic E-state index is 12.4.